The van der Waals surface area contributed by atoms with Crippen LogP contribution in [0.3, 0.4) is 0 Å². The Morgan fingerprint density at radius 3 is 1.92 bits per heavy atom. The van der Waals surface area contributed by atoms with Crippen molar-refractivity contribution in [2.24, 2.45) is 5.41 Å². The van der Waals surface area contributed by atoms with Gasteiger partial charge in [-0.05, 0) is 46.6 Å². The minimum absolute atomic E-state index is 0.0259. The molecule has 0 fully saturated rings. The highest BCUT2D eigenvalue weighted by Crippen LogP contribution is 2.35. The third-order valence-corrected chi connectivity index (χ3v) is 4.72. The van der Waals surface area contributed by atoms with E-state index in [-0.39, 0.29) is 11.0 Å². The fraction of sp³-hybridized carbons (Fsp3) is 0.304. The minimum Gasteiger partial charge on any atom is -0.189 e. The first-order valence-corrected chi connectivity index (χ1v) is 9.68. The topological polar surface area (TPSA) is 0 Å². The lowest BCUT2D eigenvalue weighted by molar-refractivity contribution is 0.127. The number of rotatable bonds is 5. The average molecular weight is 466 g/mol. The summed E-state index contributed by atoms with van der Waals surface area (Å²) in [5.74, 6) is 0. The average Bonchev–Trinajstić information content (AvgIpc) is 2.53. The summed E-state index contributed by atoms with van der Waals surface area (Å²) in [6.07, 6.45) is 2.91. The van der Waals surface area contributed by atoms with Crippen molar-refractivity contribution in [2.75, 3.05) is 0 Å². The van der Waals surface area contributed by atoms with E-state index in [1.165, 1.54) is 23.3 Å². The predicted molar refractivity (Wildman–Crippen MR) is 117 cm³/mol. The minimum atomic E-state index is -2.83. The lowest BCUT2D eigenvalue weighted by Crippen LogP contribution is -2.02. The van der Waals surface area contributed by atoms with Crippen molar-refractivity contribution in [1.29, 1.82) is 0 Å². The van der Waals surface area contributed by atoms with Crippen LogP contribution < -0.4 is 0 Å². The largest absolute Gasteiger partial charge is 0.321 e. The maximum absolute atomic E-state index is 13.3. The summed E-state index contributed by atoms with van der Waals surface area (Å²) in [4.78, 5) is 0. The van der Waals surface area contributed by atoms with Crippen LogP contribution in [0.5, 0.6) is 0 Å². The van der Waals surface area contributed by atoms with E-state index in [0.29, 0.717) is 6.42 Å². The smallest absolute Gasteiger partial charge is 0.189 e. The fourth-order valence-corrected chi connectivity index (χ4v) is 3.22. The second-order valence-corrected chi connectivity index (χ2v) is 9.10. The summed E-state index contributed by atoms with van der Waals surface area (Å²) in [5.41, 5.74) is 5.65. The van der Waals surface area contributed by atoms with E-state index in [9.17, 15) is 8.78 Å². The van der Waals surface area contributed by atoms with Crippen LogP contribution in [0.4, 0.5) is 8.78 Å². The first-order valence-electron chi connectivity index (χ1n) is 8.60. The molecule has 0 unspecified atom stereocenters. The Morgan fingerprint density at radius 1 is 0.962 bits per heavy atom. The van der Waals surface area contributed by atoms with Crippen molar-refractivity contribution in [3.63, 3.8) is 0 Å². The van der Waals surface area contributed by atoms with Crippen LogP contribution in [-0.4, -0.2) is 0 Å². The van der Waals surface area contributed by atoms with Gasteiger partial charge in [0.2, 0.25) is 0 Å². The van der Waals surface area contributed by atoms with Gasteiger partial charge in [0.15, 0.2) is 0 Å². The molecule has 2 rings (SSSR count). The van der Waals surface area contributed by atoms with Gasteiger partial charge >= 0.3 is 3.93 Å². The Labute approximate surface area is 169 Å². The molecule has 0 spiro atoms. The Bertz CT molecular complexity index is 786. The van der Waals surface area contributed by atoms with Gasteiger partial charge in [0.1, 0.15) is 0 Å². The Morgan fingerprint density at radius 2 is 1.46 bits per heavy atom. The van der Waals surface area contributed by atoms with E-state index in [1.807, 2.05) is 0 Å². The summed E-state index contributed by atoms with van der Waals surface area (Å²) < 4.78 is 23.7. The molecule has 2 aromatic rings. The third-order valence-electron chi connectivity index (χ3n) is 4.10. The zero-order valence-corrected chi connectivity index (χ0v) is 17.9. The van der Waals surface area contributed by atoms with Crippen LogP contribution in [0.15, 0.2) is 61.2 Å². The molecule has 2 aromatic carbocycles. The molecule has 0 amide bonds. The summed E-state index contributed by atoms with van der Waals surface area (Å²) in [6, 6.07) is 14.8. The highest BCUT2D eigenvalue weighted by Gasteiger charge is 2.26. The van der Waals surface area contributed by atoms with Crippen LogP contribution in [0, 0.1) is 5.41 Å². The van der Waals surface area contributed by atoms with Crippen LogP contribution in [0.1, 0.15) is 49.9 Å². The molecule has 0 atom stereocenters. The Kier molecular flexibility index (Phi) is 6.43. The molecular formula is C23H25F2I. The molecule has 0 bridgehead atoms. The summed E-state index contributed by atoms with van der Waals surface area (Å²) in [7, 11) is 0. The van der Waals surface area contributed by atoms with Crippen LogP contribution in [0.25, 0.3) is 11.1 Å². The van der Waals surface area contributed by atoms with Gasteiger partial charge in [-0.1, -0.05) is 82.0 Å². The van der Waals surface area contributed by atoms with Gasteiger partial charge in [0.05, 0.1) is 0 Å². The van der Waals surface area contributed by atoms with Gasteiger partial charge in [0, 0.05) is 28.2 Å². The van der Waals surface area contributed by atoms with Crippen molar-refractivity contribution in [3.05, 3.63) is 83.4 Å². The van der Waals surface area contributed by atoms with Crippen LogP contribution in [0.2, 0.25) is 0 Å². The molecule has 0 N–H and O–H groups in total. The highest BCUT2D eigenvalue weighted by atomic mass is 127. The highest BCUT2D eigenvalue weighted by molar-refractivity contribution is 14.1. The number of halogens is 3. The molecule has 0 aliphatic carbocycles. The van der Waals surface area contributed by atoms with Gasteiger partial charge in [-0.2, -0.15) is 8.78 Å². The van der Waals surface area contributed by atoms with Crippen molar-refractivity contribution >= 4 is 33.7 Å². The predicted octanol–water partition coefficient (Wildman–Crippen LogP) is 7.88. The maximum atomic E-state index is 13.3. The molecule has 3 heteroatoms. The molecule has 0 aromatic heterocycles. The first kappa shape index (κ1) is 20.8. The summed E-state index contributed by atoms with van der Waals surface area (Å²) in [5, 5.41) is 0. The van der Waals surface area contributed by atoms with Crippen molar-refractivity contribution in [3.8, 4) is 0 Å². The maximum Gasteiger partial charge on any atom is 0.321 e. The van der Waals surface area contributed by atoms with Gasteiger partial charge in [-0.25, -0.2) is 0 Å². The van der Waals surface area contributed by atoms with E-state index >= 15 is 0 Å². The van der Waals surface area contributed by atoms with E-state index in [0.717, 1.165) is 39.3 Å². The molecular weight excluding hydrogens is 441 g/mol. The molecule has 138 valence electrons. The molecule has 0 heterocycles. The number of hydrogen-bond donors (Lipinski definition) is 0. The SMILES string of the molecule is C=C(Cc1ccc(C(F)(F)I)cc1)c1ccc(/C(C)=C/C(C)(C)C)cc1. The third kappa shape index (κ3) is 6.04. The van der Waals surface area contributed by atoms with Crippen molar-refractivity contribution in [2.45, 2.75) is 38.0 Å². The standard InChI is InChI=1S/C23H25F2I/c1-16(14-18-6-12-21(13-7-18)23(24,25)26)19-8-10-20(11-9-19)17(2)15-22(3,4)5/h6-13,15H,1,14H2,2-5H3/b17-15+. The van der Waals surface area contributed by atoms with Gasteiger partial charge in [0.25, 0.3) is 0 Å². The first-order chi connectivity index (χ1) is 12.0. The second kappa shape index (κ2) is 8.03. The Hall–Kier alpha value is -1.49. The zero-order valence-electron chi connectivity index (χ0n) is 15.7. The van der Waals surface area contributed by atoms with Gasteiger partial charge < -0.3 is 0 Å². The number of allylic oxidation sites excluding steroid dienone is 3. The van der Waals surface area contributed by atoms with E-state index in [2.05, 4.69) is 64.6 Å². The van der Waals surface area contributed by atoms with E-state index in [1.54, 1.807) is 12.1 Å². The second-order valence-electron chi connectivity index (χ2n) is 7.75. The molecule has 0 radical (unpaired) electrons. The number of hydrogen-bond acceptors (Lipinski definition) is 0. The molecule has 0 nitrogen and oxygen atoms in total. The molecule has 0 saturated carbocycles. The number of benzene rings is 2. The van der Waals surface area contributed by atoms with Crippen LogP contribution >= 0.6 is 22.6 Å². The zero-order chi connectivity index (χ0) is 19.5. The Balaban J connectivity index is 2.10. The quantitative estimate of drug-likeness (QED) is 0.311. The normalized spacial score (nSPS) is 13.0. The lowest BCUT2D eigenvalue weighted by Gasteiger charge is -2.15. The van der Waals surface area contributed by atoms with Gasteiger partial charge in [-0.15, -0.1) is 0 Å². The van der Waals surface area contributed by atoms with E-state index in [4.69, 9.17) is 0 Å². The number of alkyl halides is 3. The summed E-state index contributed by atoms with van der Waals surface area (Å²) in [6.45, 7) is 12.8. The monoisotopic (exact) mass is 466 g/mol. The lowest BCUT2D eigenvalue weighted by atomic mass is 9.91. The van der Waals surface area contributed by atoms with Gasteiger partial charge in [-0.3, -0.25) is 0 Å². The van der Waals surface area contributed by atoms with E-state index < -0.39 is 3.93 Å². The molecule has 0 aliphatic heterocycles. The van der Waals surface area contributed by atoms with Crippen molar-refractivity contribution in [1.82, 2.24) is 0 Å². The summed E-state index contributed by atoms with van der Waals surface area (Å²) >= 11 is 1.15. The molecule has 0 saturated heterocycles. The van der Waals surface area contributed by atoms with Crippen LogP contribution in [-0.2, 0) is 10.4 Å². The molecule has 26 heavy (non-hydrogen) atoms. The van der Waals surface area contributed by atoms with Crippen molar-refractivity contribution < 1.29 is 8.78 Å². The molecule has 0 aliphatic rings. The fourth-order valence-electron chi connectivity index (χ4n) is 2.86.